The van der Waals surface area contributed by atoms with Gasteiger partial charge >= 0.3 is 0 Å². The zero-order chi connectivity index (χ0) is 20.1. The number of likely N-dealkylation sites (N-methyl/N-ethyl adjacent to an activating group) is 1. The van der Waals surface area contributed by atoms with Crippen LogP contribution < -0.4 is 4.74 Å². The van der Waals surface area contributed by atoms with Gasteiger partial charge in [0.1, 0.15) is 5.75 Å². The van der Waals surface area contributed by atoms with Crippen LogP contribution in [-0.4, -0.2) is 36.5 Å². The summed E-state index contributed by atoms with van der Waals surface area (Å²) in [4.78, 5) is 4.50. The standard InChI is InChI=1S/C19H20ClN3O4S/c1-14-4-3-5-17(12-14)28(24,25)23(2)11-10-18-21-19(27-22-18)13-26-16-8-6-15(20)7-9-16/h3-9,12H,10-11,13H2,1-2H3. The number of nitrogens with zero attached hydrogens (tertiary/aromatic N) is 3. The summed E-state index contributed by atoms with van der Waals surface area (Å²) in [7, 11) is -2.03. The van der Waals surface area contributed by atoms with Gasteiger partial charge in [0.2, 0.25) is 10.0 Å². The van der Waals surface area contributed by atoms with Gasteiger partial charge in [-0.15, -0.1) is 0 Å². The third-order valence-corrected chi connectivity index (χ3v) is 6.14. The topological polar surface area (TPSA) is 85.5 Å². The lowest BCUT2D eigenvalue weighted by Gasteiger charge is -2.16. The maximum atomic E-state index is 12.6. The van der Waals surface area contributed by atoms with Gasteiger partial charge in [-0.25, -0.2) is 12.7 Å². The Morgan fingerprint density at radius 3 is 2.64 bits per heavy atom. The molecule has 2 aromatic carbocycles. The van der Waals surface area contributed by atoms with Crippen LogP contribution in [0, 0.1) is 6.92 Å². The van der Waals surface area contributed by atoms with E-state index in [1.807, 2.05) is 13.0 Å². The molecule has 1 heterocycles. The molecule has 1 aromatic heterocycles. The lowest BCUT2D eigenvalue weighted by Crippen LogP contribution is -2.29. The third kappa shape index (κ3) is 5.09. The SMILES string of the molecule is Cc1cccc(S(=O)(=O)N(C)CCc2noc(COc3ccc(Cl)cc3)n2)c1. The predicted octanol–water partition coefficient (Wildman–Crippen LogP) is 3.47. The van der Waals surface area contributed by atoms with Crippen LogP contribution in [0.5, 0.6) is 5.75 Å². The third-order valence-electron chi connectivity index (χ3n) is 4.03. The van der Waals surface area contributed by atoms with Crippen LogP contribution in [0.3, 0.4) is 0 Å². The molecular weight excluding hydrogens is 402 g/mol. The lowest BCUT2D eigenvalue weighted by molar-refractivity contribution is 0.242. The molecule has 7 nitrogen and oxygen atoms in total. The van der Waals surface area contributed by atoms with Crippen molar-refractivity contribution in [2.24, 2.45) is 0 Å². The summed E-state index contributed by atoms with van der Waals surface area (Å²) in [5.74, 6) is 1.36. The molecule has 0 N–H and O–H groups in total. The van der Waals surface area contributed by atoms with Crippen LogP contribution in [-0.2, 0) is 23.1 Å². The average Bonchev–Trinajstić information content (AvgIpc) is 3.13. The van der Waals surface area contributed by atoms with Crippen LogP contribution >= 0.6 is 11.6 Å². The highest BCUT2D eigenvalue weighted by Gasteiger charge is 2.21. The van der Waals surface area contributed by atoms with Gasteiger partial charge in [-0.05, 0) is 48.9 Å². The van der Waals surface area contributed by atoms with Crippen molar-refractivity contribution in [1.82, 2.24) is 14.4 Å². The Hall–Kier alpha value is -2.42. The van der Waals surface area contributed by atoms with Crippen LogP contribution in [0.2, 0.25) is 5.02 Å². The van der Waals surface area contributed by atoms with Crippen molar-refractivity contribution in [3.8, 4) is 5.75 Å². The first-order valence-electron chi connectivity index (χ1n) is 8.57. The lowest BCUT2D eigenvalue weighted by atomic mass is 10.2. The Bertz CT molecular complexity index is 1040. The van der Waals surface area contributed by atoms with Gasteiger partial charge in [-0.1, -0.05) is 28.9 Å². The van der Waals surface area contributed by atoms with Gasteiger partial charge in [0.05, 0.1) is 4.90 Å². The van der Waals surface area contributed by atoms with Crippen LogP contribution in [0.4, 0.5) is 0 Å². The van der Waals surface area contributed by atoms with Gasteiger partial charge in [0, 0.05) is 25.0 Å². The van der Waals surface area contributed by atoms with Crippen molar-refractivity contribution in [3.63, 3.8) is 0 Å². The molecule has 0 saturated carbocycles. The first kappa shape index (κ1) is 20.3. The molecule has 0 unspecified atom stereocenters. The van der Waals surface area contributed by atoms with Crippen LogP contribution in [0.25, 0.3) is 0 Å². The van der Waals surface area contributed by atoms with Crippen molar-refractivity contribution >= 4 is 21.6 Å². The highest BCUT2D eigenvalue weighted by Crippen LogP contribution is 2.17. The second-order valence-corrected chi connectivity index (χ2v) is 8.72. The zero-order valence-corrected chi connectivity index (χ0v) is 17.1. The Labute approximate surface area is 168 Å². The van der Waals surface area contributed by atoms with Gasteiger partial charge in [0.15, 0.2) is 12.4 Å². The maximum Gasteiger partial charge on any atom is 0.264 e. The van der Waals surface area contributed by atoms with Gasteiger partial charge in [-0.2, -0.15) is 4.98 Å². The number of rotatable bonds is 8. The number of benzene rings is 2. The molecular formula is C19H20ClN3O4S. The van der Waals surface area contributed by atoms with E-state index < -0.39 is 10.0 Å². The number of aryl methyl sites for hydroxylation is 1. The van der Waals surface area contributed by atoms with E-state index in [0.29, 0.717) is 28.9 Å². The summed E-state index contributed by atoms with van der Waals surface area (Å²) in [6, 6.07) is 13.7. The molecule has 148 valence electrons. The average molecular weight is 422 g/mol. The Morgan fingerprint density at radius 1 is 1.18 bits per heavy atom. The van der Waals surface area contributed by atoms with E-state index in [-0.39, 0.29) is 18.0 Å². The minimum atomic E-state index is -3.56. The molecule has 0 radical (unpaired) electrons. The summed E-state index contributed by atoms with van der Waals surface area (Å²) >= 11 is 5.83. The van der Waals surface area contributed by atoms with Crippen molar-refractivity contribution in [3.05, 3.63) is 70.8 Å². The first-order chi connectivity index (χ1) is 13.3. The van der Waals surface area contributed by atoms with Crippen molar-refractivity contribution in [2.75, 3.05) is 13.6 Å². The molecule has 0 atom stereocenters. The van der Waals surface area contributed by atoms with E-state index in [4.69, 9.17) is 20.9 Å². The van der Waals surface area contributed by atoms with Gasteiger partial charge in [-0.3, -0.25) is 0 Å². The molecule has 0 fully saturated rings. The highest BCUT2D eigenvalue weighted by molar-refractivity contribution is 7.89. The Kier molecular flexibility index (Phi) is 6.33. The fourth-order valence-corrected chi connectivity index (χ4v) is 3.86. The summed E-state index contributed by atoms with van der Waals surface area (Å²) in [5.41, 5.74) is 0.887. The van der Waals surface area contributed by atoms with E-state index in [9.17, 15) is 8.42 Å². The largest absolute Gasteiger partial charge is 0.484 e. The van der Waals surface area contributed by atoms with E-state index in [2.05, 4.69) is 10.1 Å². The number of aromatic nitrogens is 2. The van der Waals surface area contributed by atoms with Crippen LogP contribution in [0.15, 0.2) is 57.9 Å². The van der Waals surface area contributed by atoms with Crippen LogP contribution in [0.1, 0.15) is 17.3 Å². The van der Waals surface area contributed by atoms with E-state index >= 15 is 0 Å². The molecule has 0 aliphatic rings. The number of halogens is 1. The number of hydrogen-bond acceptors (Lipinski definition) is 6. The molecule has 3 aromatic rings. The summed E-state index contributed by atoms with van der Waals surface area (Å²) in [5, 5.41) is 4.50. The second kappa shape index (κ2) is 8.72. The normalized spacial score (nSPS) is 11.7. The summed E-state index contributed by atoms with van der Waals surface area (Å²) in [6.45, 7) is 2.20. The molecule has 9 heteroatoms. The molecule has 0 spiro atoms. The molecule has 3 rings (SSSR count). The Balaban J connectivity index is 1.55. The monoisotopic (exact) mass is 421 g/mol. The van der Waals surface area contributed by atoms with E-state index in [1.54, 1.807) is 42.5 Å². The molecule has 0 aliphatic heterocycles. The number of ether oxygens (including phenoxy) is 1. The van der Waals surface area contributed by atoms with E-state index in [0.717, 1.165) is 5.56 Å². The minimum Gasteiger partial charge on any atom is -0.484 e. The fourth-order valence-electron chi connectivity index (χ4n) is 2.46. The molecule has 0 amide bonds. The smallest absolute Gasteiger partial charge is 0.264 e. The Morgan fingerprint density at radius 2 is 1.93 bits per heavy atom. The summed E-state index contributed by atoms with van der Waals surface area (Å²) < 4.78 is 37.2. The van der Waals surface area contributed by atoms with Crippen molar-refractivity contribution < 1.29 is 17.7 Å². The predicted molar refractivity (Wildman–Crippen MR) is 105 cm³/mol. The van der Waals surface area contributed by atoms with Gasteiger partial charge < -0.3 is 9.26 Å². The first-order valence-corrected chi connectivity index (χ1v) is 10.4. The minimum absolute atomic E-state index is 0.117. The summed E-state index contributed by atoms with van der Waals surface area (Å²) in [6.07, 6.45) is 0.325. The van der Waals surface area contributed by atoms with Crippen molar-refractivity contribution in [1.29, 1.82) is 0 Å². The number of sulfonamides is 1. The molecule has 0 saturated heterocycles. The quantitative estimate of drug-likeness (QED) is 0.553. The van der Waals surface area contributed by atoms with E-state index in [1.165, 1.54) is 11.4 Å². The zero-order valence-electron chi connectivity index (χ0n) is 15.5. The highest BCUT2D eigenvalue weighted by atomic mass is 35.5. The fraction of sp³-hybridized carbons (Fsp3) is 0.263. The second-order valence-electron chi connectivity index (χ2n) is 6.24. The number of hydrogen-bond donors (Lipinski definition) is 0. The molecule has 28 heavy (non-hydrogen) atoms. The molecule has 0 aliphatic carbocycles. The molecule has 0 bridgehead atoms. The van der Waals surface area contributed by atoms with Crippen molar-refractivity contribution in [2.45, 2.75) is 24.8 Å². The maximum absolute atomic E-state index is 12.6. The van der Waals surface area contributed by atoms with Gasteiger partial charge in [0.25, 0.3) is 5.89 Å².